The van der Waals surface area contributed by atoms with Gasteiger partial charge in [-0.1, -0.05) is 141 Å². The number of para-hydroxylation sites is 1. The number of hydrogen-bond acceptors (Lipinski definition) is 14. The molecule has 3 atom stereocenters. The molecule has 0 saturated heterocycles. The fourth-order valence-electron chi connectivity index (χ4n) is 20.7. The predicted octanol–water partition coefficient (Wildman–Crippen LogP) is 28.5. The topological polar surface area (TPSA) is 129 Å². The van der Waals surface area contributed by atoms with Crippen molar-refractivity contribution < 1.29 is 66.3 Å². The average Bonchev–Trinajstić information content (AvgIpc) is 0.713. The van der Waals surface area contributed by atoms with Gasteiger partial charge in [-0.25, -0.2) is 0 Å². The molecule has 3 unspecified atom stereocenters. The summed E-state index contributed by atoms with van der Waals surface area (Å²) in [7, 11) is 20.5. The molecule has 23 rings (SSSR count). The van der Waals surface area contributed by atoms with Crippen LogP contribution in [-0.2, 0) is 9.47 Å². The standard InChI is InChI=1S/C36H28O4.C30H22I2O4.C30H24O4.C12H20O.C2H6O.CH4/c1-37-26-14-9-23-12-17-31(39-3)34(29(23)20-26)36-28-16-11-25(22-7-5-4-6-8-22)19-33(28)40-32-18-13-24-10-15-27(38-2)21-30(24)35(32)36;1-33-19-8-4-16-6-10-25(35-3)27(21(16)14-19)29-23-12-18(31)13-24(32)30(23)36-26-11-7-17-5-9-20(34-2)15-22(17)28(26)29;1-31-20-12-8-18-10-14-26(33-3)28(23(18)16-20)30-22-6-4-5-7-25(22)34-27-15-11-19-9-13-21(32-2)17-24(19)29(27)30;1-12(13-2)10-4-8-3-9(6-10)7-11(12)5-8;1-3-2;/h4-21,36H,1-3H3;4-15,29H,1-3H3;4-17,30H,1-3H3;8-11H,3-7H2,1-2H3;1-2H3;1H4. The summed E-state index contributed by atoms with van der Waals surface area (Å²) in [4.78, 5) is 0. The van der Waals surface area contributed by atoms with E-state index < -0.39 is 0 Å². The second-order valence-corrected chi connectivity index (χ2v) is 35.6. The minimum atomic E-state index is -0.162. The fraction of sp³-hybridized carbons (Fsp3) is 0.243. The summed E-state index contributed by atoms with van der Waals surface area (Å²) in [5.41, 5.74) is 12.3. The molecular weight excluding hydrogens is 1810 g/mol. The summed E-state index contributed by atoms with van der Waals surface area (Å²) in [5.74, 6) is 15.9. The molecule has 16 aromatic rings. The van der Waals surface area contributed by atoms with Crippen LogP contribution in [-0.4, -0.2) is 90.9 Å². The van der Waals surface area contributed by atoms with Crippen LogP contribution in [0.1, 0.15) is 114 Å². The minimum Gasteiger partial charge on any atom is -0.497 e. The largest absolute Gasteiger partial charge is 0.497 e. The number of hydrogen-bond donors (Lipinski definition) is 0. The van der Waals surface area contributed by atoms with Crippen LogP contribution < -0.4 is 56.8 Å². The maximum Gasteiger partial charge on any atom is 0.144 e. The first-order valence-electron chi connectivity index (χ1n) is 42.6. The quantitative estimate of drug-likeness (QED) is 0.0958. The lowest BCUT2D eigenvalue weighted by Gasteiger charge is -2.59. The Morgan fingerprint density at radius 2 is 0.614 bits per heavy atom. The lowest BCUT2D eigenvalue weighted by Crippen LogP contribution is -2.56. The minimum absolute atomic E-state index is 0. The molecular formula is C111H104I2O14. The molecule has 0 radical (unpaired) electrons. The molecule has 7 aliphatic rings. The summed E-state index contributed by atoms with van der Waals surface area (Å²) in [5, 5.41) is 13.3. The first-order chi connectivity index (χ1) is 61.5. The van der Waals surface area contributed by atoms with Crippen molar-refractivity contribution in [2.24, 2.45) is 23.7 Å². The van der Waals surface area contributed by atoms with Gasteiger partial charge in [0, 0.05) is 92.7 Å². The highest BCUT2D eigenvalue weighted by Gasteiger charge is 2.55. The number of fused-ring (bicyclic) bond motifs is 15. The van der Waals surface area contributed by atoms with Gasteiger partial charge >= 0.3 is 0 Å². The van der Waals surface area contributed by atoms with Crippen molar-refractivity contribution >= 4 is 110 Å². The highest BCUT2D eigenvalue weighted by Crippen LogP contribution is 2.62. The van der Waals surface area contributed by atoms with Crippen LogP contribution in [0.15, 0.2) is 267 Å². The van der Waals surface area contributed by atoms with E-state index in [9.17, 15) is 0 Å². The first-order valence-corrected chi connectivity index (χ1v) is 44.7. The zero-order chi connectivity index (χ0) is 87.2. The van der Waals surface area contributed by atoms with E-state index in [1.165, 1.54) is 32.1 Å². The second kappa shape index (κ2) is 37.2. The molecule has 127 heavy (non-hydrogen) atoms. The fourth-order valence-corrected chi connectivity index (χ4v) is 22.7. The van der Waals surface area contributed by atoms with Crippen LogP contribution in [0.2, 0.25) is 0 Å². The van der Waals surface area contributed by atoms with Crippen LogP contribution in [0.4, 0.5) is 0 Å². The maximum atomic E-state index is 6.70. The van der Waals surface area contributed by atoms with Gasteiger partial charge in [-0.3, -0.25) is 0 Å². The summed E-state index contributed by atoms with van der Waals surface area (Å²) in [6.07, 6.45) is 7.36. The van der Waals surface area contributed by atoms with Gasteiger partial charge in [-0.15, -0.1) is 0 Å². The monoisotopic (exact) mass is 1910 g/mol. The van der Waals surface area contributed by atoms with E-state index in [4.69, 9.17) is 61.6 Å². The lowest BCUT2D eigenvalue weighted by atomic mass is 9.50. The highest BCUT2D eigenvalue weighted by molar-refractivity contribution is 14.1. The van der Waals surface area contributed by atoms with E-state index in [1.54, 1.807) is 78.2 Å². The van der Waals surface area contributed by atoms with Crippen molar-refractivity contribution in [1.29, 1.82) is 0 Å². The second-order valence-electron chi connectivity index (χ2n) is 33.2. The van der Waals surface area contributed by atoms with Gasteiger partial charge in [0.1, 0.15) is 86.2 Å². The lowest BCUT2D eigenvalue weighted by molar-refractivity contribution is -0.179. The highest BCUT2D eigenvalue weighted by atomic mass is 127. The first kappa shape index (κ1) is 87.1. The maximum absolute atomic E-state index is 6.70. The van der Waals surface area contributed by atoms with Gasteiger partial charge in [0.15, 0.2) is 0 Å². The molecule has 16 heteroatoms. The number of ether oxygens (including phenoxy) is 14. The van der Waals surface area contributed by atoms with E-state index >= 15 is 0 Å². The third-order valence-electron chi connectivity index (χ3n) is 26.6. The summed E-state index contributed by atoms with van der Waals surface area (Å²) < 4.78 is 83.8. The molecule has 646 valence electrons. The van der Waals surface area contributed by atoms with E-state index in [1.807, 2.05) is 67.8 Å². The van der Waals surface area contributed by atoms with Gasteiger partial charge in [-0.2, -0.15) is 0 Å². The molecule has 4 saturated carbocycles. The normalized spacial score (nSPS) is 18.3. The summed E-state index contributed by atoms with van der Waals surface area (Å²) in [6, 6.07) is 91.7. The third kappa shape index (κ3) is 16.2. The molecule has 0 spiro atoms. The van der Waals surface area contributed by atoms with Crippen molar-refractivity contribution in [3.05, 3.63) is 324 Å². The smallest absolute Gasteiger partial charge is 0.144 e. The Kier molecular flexibility index (Phi) is 25.5. The Hall–Kier alpha value is -11.9. The van der Waals surface area contributed by atoms with Crippen molar-refractivity contribution in [2.75, 3.05) is 85.3 Å². The van der Waals surface area contributed by atoms with E-state index in [0.717, 1.165) is 243 Å². The van der Waals surface area contributed by atoms with Crippen LogP contribution in [0.25, 0.3) is 75.8 Å². The molecule has 14 nitrogen and oxygen atoms in total. The molecule has 3 heterocycles. The molecule has 0 amide bonds. The van der Waals surface area contributed by atoms with E-state index in [0.29, 0.717) is 0 Å². The zero-order valence-electron chi connectivity index (χ0n) is 73.0. The van der Waals surface area contributed by atoms with Crippen molar-refractivity contribution in [2.45, 2.75) is 69.8 Å². The third-order valence-corrected chi connectivity index (χ3v) is 28.1. The van der Waals surface area contributed by atoms with Crippen LogP contribution >= 0.6 is 45.2 Å². The Morgan fingerprint density at radius 3 is 0.992 bits per heavy atom. The molecule has 3 aliphatic heterocycles. The van der Waals surface area contributed by atoms with E-state index in [2.05, 4.69) is 263 Å². The van der Waals surface area contributed by atoms with E-state index in [-0.39, 0.29) is 30.8 Å². The Bertz CT molecular complexity index is 6780. The Balaban J connectivity index is 0.000000123. The van der Waals surface area contributed by atoms with Crippen molar-refractivity contribution in [3.63, 3.8) is 0 Å². The zero-order valence-corrected chi connectivity index (χ0v) is 77.3. The van der Waals surface area contributed by atoms with Gasteiger partial charge in [0.2, 0.25) is 0 Å². The molecule has 4 aliphatic carbocycles. The predicted molar refractivity (Wildman–Crippen MR) is 528 cm³/mol. The van der Waals surface area contributed by atoms with Crippen LogP contribution in [0.5, 0.6) is 86.2 Å². The van der Waals surface area contributed by atoms with Crippen molar-refractivity contribution in [3.8, 4) is 97.4 Å². The molecule has 4 bridgehead atoms. The van der Waals surface area contributed by atoms with Crippen LogP contribution in [0, 0.1) is 30.8 Å². The number of halogens is 2. The van der Waals surface area contributed by atoms with Gasteiger partial charge < -0.3 is 66.3 Å². The summed E-state index contributed by atoms with van der Waals surface area (Å²) >= 11 is 4.76. The Morgan fingerprint density at radius 1 is 0.283 bits per heavy atom. The number of methoxy groups -OCH3 is 11. The van der Waals surface area contributed by atoms with Gasteiger partial charge in [0.25, 0.3) is 0 Å². The number of rotatable bonds is 14. The SMILES string of the molecule is C.COC.COC1(C)C2CC3CC(C2)CC1C3.COc1ccc2ccc(OC)c(C3c4cc(I)cc(I)c4Oc4ccc5ccc(OC)cc5c43)c2c1.COc1ccc2ccc(OC)c(C3c4ccc(-c5ccccc5)cc4Oc4ccc5ccc(OC)cc5c43)c2c1.COc1ccc2ccc(OC)c(C3c4ccccc4Oc4ccc5ccc(OC)cc5c43)c2c1. The molecule has 0 N–H and O–H groups in total. The van der Waals surface area contributed by atoms with Gasteiger partial charge in [-0.05, 0) is 317 Å². The molecule has 4 fully saturated rings. The molecule has 0 aromatic heterocycles. The van der Waals surface area contributed by atoms with Crippen molar-refractivity contribution in [1.82, 2.24) is 0 Å². The average molecular weight is 1920 g/mol. The molecule has 16 aromatic carbocycles. The summed E-state index contributed by atoms with van der Waals surface area (Å²) in [6.45, 7) is 2.36. The van der Waals surface area contributed by atoms with Crippen LogP contribution in [0.3, 0.4) is 0 Å². The number of benzene rings is 16. The Labute approximate surface area is 770 Å². The van der Waals surface area contributed by atoms with Gasteiger partial charge in [0.05, 0.1) is 73.2 Å².